The SMILES string of the molecule is Cc1ccccc1NC(=S)NS(=O)(=O)c1ccc(CCNS(=O)(=O)c2ccccc2)cc1. The van der Waals surface area contributed by atoms with E-state index < -0.39 is 20.0 Å². The van der Waals surface area contributed by atoms with E-state index in [1.54, 1.807) is 36.4 Å². The summed E-state index contributed by atoms with van der Waals surface area (Å²) < 4.78 is 54.6. The Labute approximate surface area is 194 Å². The van der Waals surface area contributed by atoms with E-state index in [9.17, 15) is 16.8 Å². The summed E-state index contributed by atoms with van der Waals surface area (Å²) in [5, 5.41) is 2.85. The molecule has 7 nitrogen and oxygen atoms in total. The van der Waals surface area contributed by atoms with E-state index in [4.69, 9.17) is 12.2 Å². The zero-order chi connectivity index (χ0) is 23.2. The Balaban J connectivity index is 1.57. The van der Waals surface area contributed by atoms with Crippen molar-refractivity contribution < 1.29 is 16.8 Å². The second-order valence-electron chi connectivity index (χ2n) is 6.98. The lowest BCUT2D eigenvalue weighted by Gasteiger charge is -2.13. The zero-order valence-electron chi connectivity index (χ0n) is 17.3. The number of anilines is 1. The van der Waals surface area contributed by atoms with Gasteiger partial charge in [-0.15, -0.1) is 0 Å². The molecule has 0 heterocycles. The van der Waals surface area contributed by atoms with Gasteiger partial charge in [-0.1, -0.05) is 48.5 Å². The molecule has 0 saturated heterocycles. The third-order valence-electron chi connectivity index (χ3n) is 4.61. The van der Waals surface area contributed by atoms with Crippen molar-refractivity contribution >= 4 is 43.1 Å². The number of hydrogen-bond donors (Lipinski definition) is 3. The average molecular weight is 490 g/mol. The summed E-state index contributed by atoms with van der Waals surface area (Å²) in [6, 6.07) is 21.7. The predicted octanol–water partition coefficient (Wildman–Crippen LogP) is 3.19. The fourth-order valence-corrected chi connectivity index (χ4v) is 5.29. The van der Waals surface area contributed by atoms with Gasteiger partial charge in [0.2, 0.25) is 10.0 Å². The summed E-state index contributed by atoms with van der Waals surface area (Å²) in [7, 11) is -7.44. The fourth-order valence-electron chi connectivity index (χ4n) is 2.89. The van der Waals surface area contributed by atoms with Crippen molar-refractivity contribution in [2.24, 2.45) is 0 Å². The van der Waals surface area contributed by atoms with Crippen LogP contribution < -0.4 is 14.8 Å². The molecule has 32 heavy (non-hydrogen) atoms. The van der Waals surface area contributed by atoms with Crippen molar-refractivity contribution in [2.45, 2.75) is 23.1 Å². The molecule has 0 saturated carbocycles. The van der Waals surface area contributed by atoms with Crippen LogP contribution in [0.25, 0.3) is 0 Å². The summed E-state index contributed by atoms with van der Waals surface area (Å²) >= 11 is 5.14. The maximum atomic E-state index is 12.6. The lowest BCUT2D eigenvalue weighted by Crippen LogP contribution is -2.34. The van der Waals surface area contributed by atoms with Gasteiger partial charge in [-0.2, -0.15) is 0 Å². The molecule has 3 aromatic carbocycles. The Morgan fingerprint density at radius 3 is 2.03 bits per heavy atom. The van der Waals surface area contributed by atoms with Crippen LogP contribution in [-0.2, 0) is 26.5 Å². The summed E-state index contributed by atoms with van der Waals surface area (Å²) in [6.07, 6.45) is 0.410. The van der Waals surface area contributed by atoms with Crippen LogP contribution in [0.5, 0.6) is 0 Å². The fraction of sp³-hybridized carbons (Fsp3) is 0.136. The van der Waals surface area contributed by atoms with Gasteiger partial charge in [-0.3, -0.25) is 4.72 Å². The van der Waals surface area contributed by atoms with Crippen LogP contribution in [0.1, 0.15) is 11.1 Å². The quantitative estimate of drug-likeness (QED) is 0.420. The van der Waals surface area contributed by atoms with Crippen molar-refractivity contribution in [3.8, 4) is 0 Å². The molecule has 0 unspecified atom stereocenters. The Morgan fingerprint density at radius 2 is 1.38 bits per heavy atom. The number of nitrogens with one attached hydrogen (secondary N) is 3. The molecule has 0 aromatic heterocycles. The van der Waals surface area contributed by atoms with Gasteiger partial charge in [-0.25, -0.2) is 21.6 Å². The predicted molar refractivity (Wildman–Crippen MR) is 129 cm³/mol. The van der Waals surface area contributed by atoms with Gasteiger partial charge in [0.15, 0.2) is 5.11 Å². The highest BCUT2D eigenvalue weighted by molar-refractivity contribution is 7.92. The second kappa shape index (κ2) is 10.2. The molecular formula is C22H23N3O4S3. The molecule has 3 N–H and O–H groups in total. The molecule has 3 rings (SSSR count). The first-order valence-corrected chi connectivity index (χ1v) is 13.1. The first-order valence-electron chi connectivity index (χ1n) is 9.70. The minimum absolute atomic E-state index is 0.0290. The maximum Gasteiger partial charge on any atom is 0.263 e. The van der Waals surface area contributed by atoms with Crippen LogP contribution >= 0.6 is 12.2 Å². The van der Waals surface area contributed by atoms with E-state index in [0.29, 0.717) is 12.1 Å². The molecule has 0 aliphatic heterocycles. The van der Waals surface area contributed by atoms with Crippen LogP contribution in [0.3, 0.4) is 0 Å². The molecule has 0 fully saturated rings. The van der Waals surface area contributed by atoms with Gasteiger partial charge in [0.25, 0.3) is 10.0 Å². The molecule has 0 spiro atoms. The van der Waals surface area contributed by atoms with Crippen LogP contribution in [-0.4, -0.2) is 28.5 Å². The zero-order valence-corrected chi connectivity index (χ0v) is 19.7. The van der Waals surface area contributed by atoms with Crippen molar-refractivity contribution in [3.05, 3.63) is 90.0 Å². The summed E-state index contributed by atoms with van der Waals surface area (Å²) in [4.78, 5) is 0.253. The third kappa shape index (κ3) is 6.36. The molecule has 3 aromatic rings. The van der Waals surface area contributed by atoms with Gasteiger partial charge in [0, 0.05) is 12.2 Å². The highest BCUT2D eigenvalue weighted by atomic mass is 32.2. The van der Waals surface area contributed by atoms with Crippen LogP contribution in [0, 0.1) is 6.92 Å². The summed E-state index contributed by atoms with van der Waals surface area (Å²) in [6.45, 7) is 2.07. The molecule has 0 bridgehead atoms. The van der Waals surface area contributed by atoms with Gasteiger partial charge in [0.1, 0.15) is 0 Å². The monoisotopic (exact) mass is 489 g/mol. The summed E-state index contributed by atoms with van der Waals surface area (Å²) in [5.41, 5.74) is 2.44. The first kappa shape index (κ1) is 23.9. The number of aryl methyl sites for hydroxylation is 1. The van der Waals surface area contributed by atoms with Crippen molar-refractivity contribution in [1.82, 2.24) is 9.44 Å². The number of hydrogen-bond acceptors (Lipinski definition) is 5. The normalized spacial score (nSPS) is 11.7. The van der Waals surface area contributed by atoms with Gasteiger partial charge >= 0.3 is 0 Å². The van der Waals surface area contributed by atoms with Gasteiger partial charge < -0.3 is 5.32 Å². The lowest BCUT2D eigenvalue weighted by atomic mass is 10.2. The molecule has 0 radical (unpaired) electrons. The molecule has 0 aliphatic rings. The Bertz CT molecular complexity index is 1290. The smallest absolute Gasteiger partial charge is 0.263 e. The van der Waals surface area contributed by atoms with E-state index >= 15 is 0 Å². The molecule has 168 valence electrons. The van der Waals surface area contributed by atoms with Gasteiger partial charge in [0.05, 0.1) is 9.79 Å². The molecule has 0 amide bonds. The van der Waals surface area contributed by atoms with E-state index in [1.807, 2.05) is 25.1 Å². The van der Waals surface area contributed by atoms with E-state index in [-0.39, 0.29) is 21.4 Å². The first-order chi connectivity index (χ1) is 15.2. The van der Waals surface area contributed by atoms with Crippen molar-refractivity contribution in [2.75, 3.05) is 11.9 Å². The second-order valence-corrected chi connectivity index (χ2v) is 10.8. The van der Waals surface area contributed by atoms with Gasteiger partial charge in [-0.05, 0) is 67.0 Å². The Kier molecular flexibility index (Phi) is 7.62. The molecular weight excluding hydrogens is 466 g/mol. The minimum atomic E-state index is -3.85. The van der Waals surface area contributed by atoms with Crippen LogP contribution in [0.2, 0.25) is 0 Å². The lowest BCUT2D eigenvalue weighted by molar-refractivity contribution is 0.581. The topological polar surface area (TPSA) is 104 Å². The van der Waals surface area contributed by atoms with Crippen LogP contribution in [0.4, 0.5) is 5.69 Å². The highest BCUT2D eigenvalue weighted by Crippen LogP contribution is 2.15. The van der Waals surface area contributed by atoms with E-state index in [1.165, 1.54) is 24.3 Å². The minimum Gasteiger partial charge on any atom is -0.332 e. The Morgan fingerprint density at radius 1 is 0.781 bits per heavy atom. The largest absolute Gasteiger partial charge is 0.332 e. The number of rotatable bonds is 8. The molecule has 10 heteroatoms. The summed E-state index contributed by atoms with van der Waals surface area (Å²) in [5.74, 6) is 0. The third-order valence-corrected chi connectivity index (χ3v) is 7.79. The molecule has 0 atom stereocenters. The average Bonchev–Trinajstić information content (AvgIpc) is 2.76. The van der Waals surface area contributed by atoms with Crippen molar-refractivity contribution in [1.29, 1.82) is 0 Å². The highest BCUT2D eigenvalue weighted by Gasteiger charge is 2.16. The van der Waals surface area contributed by atoms with E-state index in [0.717, 1.165) is 11.1 Å². The number of benzene rings is 3. The maximum absolute atomic E-state index is 12.6. The molecule has 0 aliphatic carbocycles. The Hall–Kier alpha value is -2.79. The van der Waals surface area contributed by atoms with Crippen molar-refractivity contribution in [3.63, 3.8) is 0 Å². The number of sulfonamides is 2. The van der Waals surface area contributed by atoms with Crippen LogP contribution in [0.15, 0.2) is 88.7 Å². The standard InChI is InChI=1S/C22H23N3O4S3/c1-17-7-5-6-10-21(17)24-22(30)25-32(28,29)20-13-11-18(12-14-20)15-16-23-31(26,27)19-8-3-2-4-9-19/h2-14,23H,15-16H2,1H3,(H2,24,25,30). The van der Waals surface area contributed by atoms with E-state index in [2.05, 4.69) is 14.8 Å². The number of thiocarbonyl (C=S) groups is 1. The number of para-hydroxylation sites is 1.